The normalized spacial score (nSPS) is 14.0. The molecule has 1 aromatic rings. The van der Waals surface area contributed by atoms with Gasteiger partial charge in [-0.25, -0.2) is 9.18 Å². The summed E-state index contributed by atoms with van der Waals surface area (Å²) < 4.78 is 17.9. The molecule has 0 spiro atoms. The van der Waals surface area contributed by atoms with Crippen LogP contribution in [-0.2, 0) is 9.53 Å². The fourth-order valence-corrected chi connectivity index (χ4v) is 1.68. The van der Waals surface area contributed by atoms with Crippen molar-refractivity contribution >= 4 is 17.6 Å². The second-order valence-corrected chi connectivity index (χ2v) is 4.54. The topological polar surface area (TPSA) is 72.6 Å². The van der Waals surface area contributed by atoms with Gasteiger partial charge in [-0.3, -0.25) is 4.79 Å². The predicted molar refractivity (Wildman–Crippen MR) is 66.9 cm³/mol. The summed E-state index contributed by atoms with van der Waals surface area (Å²) in [6, 6.07) is 3.68. The Balaban J connectivity index is 1.93. The molecule has 1 aromatic carbocycles. The first-order valence-corrected chi connectivity index (χ1v) is 5.97. The largest absolute Gasteiger partial charge is 0.452 e. The monoisotopic (exact) mass is 266 g/mol. The van der Waals surface area contributed by atoms with Crippen LogP contribution in [0, 0.1) is 5.82 Å². The van der Waals surface area contributed by atoms with Gasteiger partial charge in [-0.15, -0.1) is 0 Å². The zero-order chi connectivity index (χ0) is 14.0. The molecule has 102 valence electrons. The molecule has 1 saturated carbocycles. The van der Waals surface area contributed by atoms with E-state index in [-0.39, 0.29) is 29.8 Å². The Bertz CT molecular complexity index is 515. The molecule has 2 N–H and O–H groups in total. The number of rotatable bonds is 4. The molecule has 1 amide bonds. The number of amides is 1. The van der Waals surface area contributed by atoms with E-state index in [2.05, 4.69) is 0 Å². The van der Waals surface area contributed by atoms with E-state index < -0.39 is 11.8 Å². The Labute approximate surface area is 110 Å². The van der Waals surface area contributed by atoms with Crippen molar-refractivity contribution in [2.45, 2.75) is 18.9 Å². The minimum atomic E-state index is -0.797. The molecule has 5 nitrogen and oxygen atoms in total. The Kier molecular flexibility index (Phi) is 3.69. The summed E-state index contributed by atoms with van der Waals surface area (Å²) in [6.45, 7) is -0.359. The van der Waals surface area contributed by atoms with Gasteiger partial charge in [0.2, 0.25) is 0 Å². The molecule has 0 radical (unpaired) electrons. The van der Waals surface area contributed by atoms with Gasteiger partial charge in [-0.05, 0) is 31.0 Å². The van der Waals surface area contributed by atoms with E-state index in [0.29, 0.717) is 0 Å². The van der Waals surface area contributed by atoms with E-state index in [9.17, 15) is 14.0 Å². The van der Waals surface area contributed by atoms with Crippen LogP contribution in [0.3, 0.4) is 0 Å². The maximum atomic E-state index is 13.0. The molecule has 0 aliphatic heterocycles. The second-order valence-electron chi connectivity index (χ2n) is 4.54. The highest BCUT2D eigenvalue weighted by Gasteiger charge is 2.30. The lowest BCUT2D eigenvalue weighted by Gasteiger charge is -2.16. The molecule has 0 heterocycles. The number of nitrogens with zero attached hydrogens (tertiary/aromatic N) is 1. The van der Waals surface area contributed by atoms with Gasteiger partial charge in [0.15, 0.2) is 6.61 Å². The molecule has 0 unspecified atom stereocenters. The number of hydrogen-bond acceptors (Lipinski definition) is 4. The molecular weight excluding hydrogens is 251 g/mol. The highest BCUT2D eigenvalue weighted by atomic mass is 19.1. The summed E-state index contributed by atoms with van der Waals surface area (Å²) >= 11 is 0. The van der Waals surface area contributed by atoms with Crippen LogP contribution in [0.1, 0.15) is 23.2 Å². The fourth-order valence-electron chi connectivity index (χ4n) is 1.68. The molecule has 0 saturated heterocycles. The van der Waals surface area contributed by atoms with Crippen LogP contribution in [0.15, 0.2) is 18.2 Å². The first-order valence-electron chi connectivity index (χ1n) is 5.97. The number of halogens is 1. The number of esters is 1. The highest BCUT2D eigenvalue weighted by Crippen LogP contribution is 2.25. The van der Waals surface area contributed by atoms with E-state index in [0.717, 1.165) is 25.0 Å². The molecule has 1 aliphatic rings. The third-order valence-corrected chi connectivity index (χ3v) is 3.05. The first-order chi connectivity index (χ1) is 8.99. The van der Waals surface area contributed by atoms with Crippen molar-refractivity contribution in [2.75, 3.05) is 19.4 Å². The van der Waals surface area contributed by atoms with Crippen LogP contribution in [0.5, 0.6) is 0 Å². The first kappa shape index (κ1) is 13.3. The summed E-state index contributed by atoms with van der Waals surface area (Å²) in [6.07, 6.45) is 1.96. The number of anilines is 1. The second kappa shape index (κ2) is 5.26. The van der Waals surface area contributed by atoms with Crippen molar-refractivity contribution in [3.8, 4) is 0 Å². The van der Waals surface area contributed by atoms with Gasteiger partial charge in [0.25, 0.3) is 5.91 Å². The van der Waals surface area contributed by atoms with Gasteiger partial charge in [0.1, 0.15) is 5.82 Å². The Morgan fingerprint density at radius 2 is 2.16 bits per heavy atom. The van der Waals surface area contributed by atoms with Gasteiger partial charge in [0, 0.05) is 18.8 Å². The zero-order valence-corrected chi connectivity index (χ0v) is 10.6. The molecular formula is C13H15FN2O3. The number of ether oxygens (including phenoxy) is 1. The van der Waals surface area contributed by atoms with Crippen molar-refractivity contribution in [3.63, 3.8) is 0 Å². The lowest BCUT2D eigenvalue weighted by atomic mass is 10.2. The van der Waals surface area contributed by atoms with Gasteiger partial charge < -0.3 is 15.4 Å². The number of likely N-dealkylation sites (N-methyl/N-ethyl adjacent to an activating group) is 1. The predicted octanol–water partition coefficient (Wildman–Crippen LogP) is 1.19. The minimum absolute atomic E-state index is 0.0677. The molecule has 0 bridgehead atoms. The van der Waals surface area contributed by atoms with Crippen LogP contribution in [-0.4, -0.2) is 36.5 Å². The third-order valence-electron chi connectivity index (χ3n) is 3.05. The highest BCUT2D eigenvalue weighted by molar-refractivity contribution is 5.96. The summed E-state index contributed by atoms with van der Waals surface area (Å²) in [5.41, 5.74) is 5.60. The van der Waals surface area contributed by atoms with Crippen molar-refractivity contribution in [3.05, 3.63) is 29.6 Å². The van der Waals surface area contributed by atoms with Crippen LogP contribution >= 0.6 is 0 Å². The molecule has 1 aliphatic carbocycles. The van der Waals surface area contributed by atoms with Gasteiger partial charge >= 0.3 is 5.97 Å². The average molecular weight is 266 g/mol. The number of benzene rings is 1. The summed E-state index contributed by atoms with van der Waals surface area (Å²) in [5, 5.41) is 0. The fraction of sp³-hybridized carbons (Fsp3) is 0.385. The van der Waals surface area contributed by atoms with Crippen molar-refractivity contribution in [2.24, 2.45) is 0 Å². The van der Waals surface area contributed by atoms with E-state index in [4.69, 9.17) is 10.5 Å². The van der Waals surface area contributed by atoms with Gasteiger partial charge in [-0.2, -0.15) is 0 Å². The van der Waals surface area contributed by atoms with E-state index in [1.54, 1.807) is 11.9 Å². The third kappa shape index (κ3) is 3.21. The average Bonchev–Trinajstić information content (AvgIpc) is 3.21. The number of hydrogen-bond donors (Lipinski definition) is 1. The minimum Gasteiger partial charge on any atom is -0.452 e. The summed E-state index contributed by atoms with van der Waals surface area (Å²) in [7, 11) is 1.67. The van der Waals surface area contributed by atoms with Crippen molar-refractivity contribution in [1.29, 1.82) is 0 Å². The molecule has 19 heavy (non-hydrogen) atoms. The van der Waals surface area contributed by atoms with Gasteiger partial charge in [0.05, 0.1) is 5.56 Å². The number of nitrogens with two attached hydrogens (primary N) is 1. The molecule has 2 rings (SSSR count). The molecule has 0 atom stereocenters. The number of carbonyl (C=O) groups excluding carboxylic acids is 2. The molecule has 1 fully saturated rings. The van der Waals surface area contributed by atoms with Crippen LogP contribution in [0.4, 0.5) is 10.1 Å². The maximum absolute atomic E-state index is 13.0. The molecule has 6 heteroatoms. The lowest BCUT2D eigenvalue weighted by molar-refractivity contribution is -0.133. The summed E-state index contributed by atoms with van der Waals surface area (Å²) in [5.74, 6) is -1.65. The van der Waals surface area contributed by atoms with Crippen LogP contribution in [0.25, 0.3) is 0 Å². The van der Waals surface area contributed by atoms with Crippen LogP contribution in [0.2, 0.25) is 0 Å². The Hall–Kier alpha value is -2.11. The zero-order valence-electron chi connectivity index (χ0n) is 10.6. The van der Waals surface area contributed by atoms with E-state index >= 15 is 0 Å². The lowest BCUT2D eigenvalue weighted by Crippen LogP contribution is -2.33. The number of carbonyl (C=O) groups is 2. The Morgan fingerprint density at radius 3 is 2.79 bits per heavy atom. The van der Waals surface area contributed by atoms with Crippen molar-refractivity contribution < 1.29 is 18.7 Å². The summed E-state index contributed by atoms with van der Waals surface area (Å²) in [4.78, 5) is 24.9. The maximum Gasteiger partial charge on any atom is 0.340 e. The quantitative estimate of drug-likeness (QED) is 0.656. The standard InChI is InChI=1S/C13H15FN2O3/c1-16(9-3-4-9)12(17)7-19-13(18)10-6-8(14)2-5-11(10)15/h2,5-6,9H,3-4,7,15H2,1H3. The van der Waals surface area contributed by atoms with Crippen molar-refractivity contribution in [1.82, 2.24) is 4.90 Å². The SMILES string of the molecule is CN(C(=O)COC(=O)c1cc(F)ccc1N)C1CC1. The van der Waals surface area contributed by atoms with E-state index in [1.165, 1.54) is 6.07 Å². The van der Waals surface area contributed by atoms with Crippen LogP contribution < -0.4 is 5.73 Å². The Morgan fingerprint density at radius 1 is 1.47 bits per heavy atom. The number of nitrogen functional groups attached to an aromatic ring is 1. The smallest absolute Gasteiger partial charge is 0.340 e. The van der Waals surface area contributed by atoms with E-state index in [1.807, 2.05) is 0 Å². The van der Waals surface area contributed by atoms with Gasteiger partial charge in [-0.1, -0.05) is 0 Å². The molecule has 0 aromatic heterocycles.